The first-order valence-electron chi connectivity index (χ1n) is 8.90. The molecular formula is C21H29FO. The summed E-state index contributed by atoms with van der Waals surface area (Å²) in [6, 6.07) is 5.63. The normalized spacial score (nSPS) is 21.2. The van der Waals surface area contributed by atoms with E-state index < -0.39 is 0 Å². The number of halogens is 1. The van der Waals surface area contributed by atoms with Gasteiger partial charge in [-0.05, 0) is 48.8 Å². The van der Waals surface area contributed by atoms with E-state index >= 15 is 0 Å². The third-order valence-corrected chi connectivity index (χ3v) is 4.57. The van der Waals surface area contributed by atoms with Crippen molar-refractivity contribution in [1.29, 1.82) is 0 Å². The molecule has 1 aromatic rings. The highest BCUT2D eigenvalue weighted by molar-refractivity contribution is 5.50. The molecule has 0 saturated heterocycles. The maximum absolute atomic E-state index is 14.2. The van der Waals surface area contributed by atoms with Crippen LogP contribution < -0.4 is 0 Å². The summed E-state index contributed by atoms with van der Waals surface area (Å²) in [5.74, 6) is 0.362. The molecule has 2 atom stereocenters. The summed E-state index contributed by atoms with van der Waals surface area (Å²) in [5, 5.41) is 0. The average molecular weight is 316 g/mol. The molecule has 1 nitrogen and oxygen atoms in total. The lowest BCUT2D eigenvalue weighted by Crippen LogP contribution is -2.13. The Bertz CT molecular complexity index is 533. The van der Waals surface area contributed by atoms with Gasteiger partial charge in [0.1, 0.15) is 5.82 Å². The molecule has 0 radical (unpaired) electrons. The van der Waals surface area contributed by atoms with Crippen molar-refractivity contribution in [2.24, 2.45) is 5.92 Å². The SMILES string of the molecule is CCCCCCc1ccc(/C=C/C2C=CC(OC)CC2)cc1F. The standard InChI is InChI=1S/C21H29FO/c1-3-4-5-6-7-19-13-10-18(16-21(19)22)9-8-17-11-14-20(23-2)15-12-17/h8-11,13-14,16-17,20H,3-7,12,15H2,1-2H3/b9-8+. The van der Waals surface area contributed by atoms with Gasteiger partial charge in [-0.3, -0.25) is 0 Å². The van der Waals surface area contributed by atoms with Gasteiger partial charge >= 0.3 is 0 Å². The summed E-state index contributed by atoms with van der Waals surface area (Å²) >= 11 is 0. The second-order valence-corrected chi connectivity index (χ2v) is 6.42. The lowest BCUT2D eigenvalue weighted by atomic mass is 9.93. The highest BCUT2D eigenvalue weighted by Crippen LogP contribution is 2.22. The maximum atomic E-state index is 14.2. The lowest BCUT2D eigenvalue weighted by molar-refractivity contribution is 0.125. The summed E-state index contributed by atoms with van der Waals surface area (Å²) < 4.78 is 19.5. The summed E-state index contributed by atoms with van der Waals surface area (Å²) in [5.41, 5.74) is 1.79. The van der Waals surface area contributed by atoms with Gasteiger partial charge in [0.05, 0.1) is 6.10 Å². The number of ether oxygens (including phenoxy) is 1. The fourth-order valence-corrected chi connectivity index (χ4v) is 3.02. The topological polar surface area (TPSA) is 9.23 Å². The minimum absolute atomic E-state index is 0.0673. The van der Waals surface area contributed by atoms with E-state index in [2.05, 4.69) is 25.2 Å². The largest absolute Gasteiger partial charge is 0.377 e. The van der Waals surface area contributed by atoms with Crippen molar-refractivity contribution in [2.45, 2.75) is 58.0 Å². The number of benzene rings is 1. The Morgan fingerprint density at radius 3 is 2.70 bits per heavy atom. The Kier molecular flexibility index (Phi) is 7.54. The van der Waals surface area contributed by atoms with Crippen LogP contribution >= 0.6 is 0 Å². The number of allylic oxidation sites excluding steroid dienone is 2. The molecule has 126 valence electrons. The zero-order chi connectivity index (χ0) is 16.5. The summed E-state index contributed by atoms with van der Waals surface area (Å²) in [6.45, 7) is 2.19. The number of rotatable bonds is 8. The van der Waals surface area contributed by atoms with E-state index in [0.717, 1.165) is 36.8 Å². The lowest BCUT2D eigenvalue weighted by Gasteiger charge is -2.19. The molecule has 1 aliphatic carbocycles. The predicted octanol–water partition coefficient (Wildman–Crippen LogP) is 5.94. The van der Waals surface area contributed by atoms with Crippen LogP contribution in [0.1, 0.15) is 56.6 Å². The molecule has 0 spiro atoms. The monoisotopic (exact) mass is 316 g/mol. The molecule has 0 aromatic heterocycles. The molecule has 0 saturated carbocycles. The van der Waals surface area contributed by atoms with Crippen molar-refractivity contribution in [3.05, 3.63) is 53.4 Å². The van der Waals surface area contributed by atoms with Gasteiger partial charge in [-0.15, -0.1) is 0 Å². The second-order valence-electron chi connectivity index (χ2n) is 6.42. The first-order valence-corrected chi connectivity index (χ1v) is 8.90. The van der Waals surface area contributed by atoms with Crippen LogP contribution in [0.5, 0.6) is 0 Å². The predicted molar refractivity (Wildman–Crippen MR) is 95.9 cm³/mol. The van der Waals surface area contributed by atoms with Crippen molar-refractivity contribution >= 4 is 6.08 Å². The third kappa shape index (κ3) is 5.95. The Balaban J connectivity index is 1.88. The molecule has 23 heavy (non-hydrogen) atoms. The van der Waals surface area contributed by atoms with Gasteiger partial charge in [0.2, 0.25) is 0 Å². The molecule has 1 aromatic carbocycles. The molecule has 1 aliphatic rings. The van der Waals surface area contributed by atoms with Crippen LogP contribution in [0.2, 0.25) is 0 Å². The van der Waals surface area contributed by atoms with E-state index in [9.17, 15) is 4.39 Å². The van der Waals surface area contributed by atoms with Crippen LogP contribution in [0.4, 0.5) is 4.39 Å². The molecule has 0 N–H and O–H groups in total. The zero-order valence-electron chi connectivity index (χ0n) is 14.4. The Labute approximate surface area is 140 Å². The Morgan fingerprint density at radius 2 is 2.04 bits per heavy atom. The summed E-state index contributed by atoms with van der Waals surface area (Å²) in [6.07, 6.45) is 16.5. The van der Waals surface area contributed by atoms with Gasteiger partial charge in [0.15, 0.2) is 0 Å². The van der Waals surface area contributed by atoms with Gasteiger partial charge in [0.25, 0.3) is 0 Å². The molecule has 0 bridgehead atoms. The van der Waals surface area contributed by atoms with E-state index in [0.29, 0.717) is 5.92 Å². The van der Waals surface area contributed by atoms with Crippen molar-refractivity contribution in [3.8, 4) is 0 Å². The molecule has 2 heteroatoms. The van der Waals surface area contributed by atoms with Gasteiger partial charge in [0, 0.05) is 7.11 Å². The smallest absolute Gasteiger partial charge is 0.126 e. The maximum Gasteiger partial charge on any atom is 0.126 e. The van der Waals surface area contributed by atoms with Crippen molar-refractivity contribution in [3.63, 3.8) is 0 Å². The first-order chi connectivity index (χ1) is 11.2. The van der Waals surface area contributed by atoms with E-state index in [1.165, 1.54) is 19.3 Å². The van der Waals surface area contributed by atoms with E-state index in [4.69, 9.17) is 4.74 Å². The number of aryl methyl sites for hydroxylation is 1. The Hall–Kier alpha value is -1.41. The molecule has 0 heterocycles. The van der Waals surface area contributed by atoms with Crippen LogP contribution in [0.15, 0.2) is 36.4 Å². The first kappa shape index (κ1) is 17.9. The fourth-order valence-electron chi connectivity index (χ4n) is 3.02. The van der Waals surface area contributed by atoms with Crippen molar-refractivity contribution < 1.29 is 9.13 Å². The number of hydrogen-bond donors (Lipinski definition) is 0. The van der Waals surface area contributed by atoms with Crippen molar-refractivity contribution in [2.75, 3.05) is 7.11 Å². The fraction of sp³-hybridized carbons (Fsp3) is 0.524. The number of unbranched alkanes of at least 4 members (excludes halogenated alkanes) is 3. The van der Waals surface area contributed by atoms with Gasteiger partial charge in [-0.1, -0.05) is 62.6 Å². The molecule has 0 fully saturated rings. The average Bonchev–Trinajstić information content (AvgIpc) is 2.59. The molecule has 0 aliphatic heterocycles. The number of hydrogen-bond acceptors (Lipinski definition) is 1. The number of methoxy groups -OCH3 is 1. The van der Waals surface area contributed by atoms with Crippen LogP contribution in [-0.2, 0) is 11.2 Å². The van der Waals surface area contributed by atoms with Crippen molar-refractivity contribution in [1.82, 2.24) is 0 Å². The molecular weight excluding hydrogens is 287 g/mol. The van der Waals surface area contributed by atoms with Gasteiger partial charge in [-0.25, -0.2) is 4.39 Å². The van der Waals surface area contributed by atoms with Gasteiger partial charge < -0.3 is 4.74 Å². The summed E-state index contributed by atoms with van der Waals surface area (Å²) in [7, 11) is 1.75. The second kappa shape index (κ2) is 9.67. The van der Waals surface area contributed by atoms with Crippen LogP contribution in [0.3, 0.4) is 0 Å². The minimum Gasteiger partial charge on any atom is -0.377 e. The highest BCUT2D eigenvalue weighted by atomic mass is 19.1. The molecule has 2 rings (SSSR count). The molecule has 0 amide bonds. The highest BCUT2D eigenvalue weighted by Gasteiger charge is 2.12. The van der Waals surface area contributed by atoms with E-state index in [1.807, 2.05) is 18.2 Å². The van der Waals surface area contributed by atoms with Crippen LogP contribution in [0, 0.1) is 11.7 Å². The minimum atomic E-state index is -0.0673. The molecule has 2 unspecified atom stereocenters. The van der Waals surface area contributed by atoms with E-state index in [-0.39, 0.29) is 11.9 Å². The quantitative estimate of drug-likeness (QED) is 0.426. The van der Waals surface area contributed by atoms with Crippen LogP contribution in [-0.4, -0.2) is 13.2 Å². The Morgan fingerprint density at radius 1 is 1.17 bits per heavy atom. The van der Waals surface area contributed by atoms with Gasteiger partial charge in [-0.2, -0.15) is 0 Å². The third-order valence-electron chi connectivity index (χ3n) is 4.57. The zero-order valence-corrected chi connectivity index (χ0v) is 14.4. The van der Waals surface area contributed by atoms with E-state index in [1.54, 1.807) is 13.2 Å². The summed E-state index contributed by atoms with van der Waals surface area (Å²) in [4.78, 5) is 0. The van der Waals surface area contributed by atoms with Crippen LogP contribution in [0.25, 0.3) is 6.08 Å².